The van der Waals surface area contributed by atoms with E-state index in [1.165, 1.54) is 12.1 Å². The van der Waals surface area contributed by atoms with Crippen molar-refractivity contribution in [3.8, 4) is 5.88 Å². The molecule has 1 saturated carbocycles. The van der Waals surface area contributed by atoms with E-state index in [2.05, 4.69) is 51.2 Å². The number of hydrogen-bond acceptors (Lipinski definition) is 9. The lowest BCUT2D eigenvalue weighted by molar-refractivity contribution is 0.0411. The molecule has 7 rings (SSSR count). The molecular weight excluding hydrogens is 471 g/mol. The molecule has 1 aliphatic carbocycles. The van der Waals surface area contributed by atoms with Gasteiger partial charge in [-0.15, -0.1) is 0 Å². The molecule has 194 valence electrons. The predicted molar refractivity (Wildman–Crippen MR) is 142 cm³/mol. The van der Waals surface area contributed by atoms with E-state index in [0.717, 1.165) is 48.3 Å². The van der Waals surface area contributed by atoms with Crippen LogP contribution >= 0.6 is 0 Å². The molecule has 2 aromatic heterocycles. The van der Waals surface area contributed by atoms with Gasteiger partial charge < -0.3 is 25.2 Å². The molecule has 0 spiro atoms. The number of methoxy groups -OCH3 is 1. The highest BCUT2D eigenvalue weighted by Gasteiger charge is 2.53. The molecule has 0 radical (unpaired) electrons. The Labute approximate surface area is 216 Å². The quantitative estimate of drug-likeness (QED) is 0.515. The monoisotopic (exact) mass is 504 g/mol. The standard InChI is InChI=1S/C27H33FN8O/c1-15-18-11-35(20-10-21(37-5)31-14-30-20)12-19(15)23(18)32-26-33-24(29-4)22-25(34-26)36(13-27(22,2)3)17-8-6-16(28)7-9-17/h6-10,14-15,18-19,23H,11-13H2,1-5H3,(H2,29,32,33,34). The molecule has 1 aromatic carbocycles. The van der Waals surface area contributed by atoms with Gasteiger partial charge in [0.05, 0.1) is 7.11 Å². The van der Waals surface area contributed by atoms with Crippen LogP contribution in [0.4, 0.5) is 33.5 Å². The normalized spacial score (nSPS) is 25.4. The van der Waals surface area contributed by atoms with Crippen molar-refractivity contribution in [1.82, 2.24) is 19.9 Å². The van der Waals surface area contributed by atoms with Crippen LogP contribution in [-0.4, -0.2) is 59.8 Å². The smallest absolute Gasteiger partial charge is 0.226 e. The van der Waals surface area contributed by atoms with Crippen LogP contribution in [0.2, 0.25) is 0 Å². The van der Waals surface area contributed by atoms with E-state index < -0.39 is 0 Å². The molecule has 2 atom stereocenters. The van der Waals surface area contributed by atoms with Crippen molar-refractivity contribution in [3.05, 3.63) is 48.0 Å². The molecule has 2 N–H and O–H groups in total. The molecule has 0 amide bonds. The lowest BCUT2D eigenvalue weighted by atomic mass is 9.58. The summed E-state index contributed by atoms with van der Waals surface area (Å²) in [7, 11) is 3.52. The summed E-state index contributed by atoms with van der Waals surface area (Å²) in [6.45, 7) is 9.25. The number of halogens is 1. The maximum Gasteiger partial charge on any atom is 0.226 e. The molecule has 37 heavy (non-hydrogen) atoms. The number of ether oxygens (including phenoxy) is 1. The van der Waals surface area contributed by atoms with Gasteiger partial charge in [0.25, 0.3) is 0 Å². The van der Waals surface area contributed by atoms with Crippen molar-refractivity contribution < 1.29 is 9.13 Å². The first-order chi connectivity index (χ1) is 17.8. The van der Waals surface area contributed by atoms with E-state index in [1.807, 2.05) is 25.2 Å². The molecule has 5 heterocycles. The van der Waals surface area contributed by atoms with E-state index in [9.17, 15) is 4.39 Å². The van der Waals surface area contributed by atoms with Gasteiger partial charge in [0, 0.05) is 67.3 Å². The highest BCUT2D eigenvalue weighted by atomic mass is 19.1. The molecule has 2 saturated heterocycles. The van der Waals surface area contributed by atoms with Crippen molar-refractivity contribution >= 4 is 29.1 Å². The van der Waals surface area contributed by atoms with E-state index in [0.29, 0.717) is 29.6 Å². The van der Waals surface area contributed by atoms with Gasteiger partial charge in [-0.2, -0.15) is 9.97 Å². The number of fused-ring (bicyclic) bond motifs is 3. The first-order valence-electron chi connectivity index (χ1n) is 12.8. The number of nitrogens with zero attached hydrogens (tertiary/aromatic N) is 6. The number of benzene rings is 1. The van der Waals surface area contributed by atoms with Crippen LogP contribution in [0, 0.1) is 23.6 Å². The Morgan fingerprint density at radius 1 is 1.08 bits per heavy atom. The lowest BCUT2D eigenvalue weighted by Crippen LogP contribution is -2.66. The zero-order valence-electron chi connectivity index (χ0n) is 21.9. The summed E-state index contributed by atoms with van der Waals surface area (Å²) in [4.78, 5) is 23.0. The van der Waals surface area contributed by atoms with Gasteiger partial charge in [-0.3, -0.25) is 0 Å². The van der Waals surface area contributed by atoms with E-state index in [4.69, 9.17) is 14.7 Å². The molecule has 3 aromatic rings. The Hall–Kier alpha value is -3.69. The van der Waals surface area contributed by atoms with Crippen LogP contribution in [-0.2, 0) is 5.41 Å². The van der Waals surface area contributed by atoms with Crippen LogP contribution < -0.4 is 25.2 Å². The van der Waals surface area contributed by atoms with Crippen molar-refractivity contribution in [3.63, 3.8) is 0 Å². The SMILES string of the molecule is CNc1nc(NC2C3CN(c4cc(OC)ncn4)CC2C3C)nc2c1C(C)(C)CN2c1ccc(F)cc1. The fourth-order valence-corrected chi connectivity index (χ4v) is 6.35. The average molecular weight is 505 g/mol. The van der Waals surface area contributed by atoms with Crippen molar-refractivity contribution in [1.29, 1.82) is 0 Å². The second-order valence-corrected chi connectivity index (χ2v) is 11.0. The van der Waals surface area contributed by atoms with Crippen LogP contribution in [0.5, 0.6) is 5.88 Å². The largest absolute Gasteiger partial charge is 0.481 e. The summed E-state index contributed by atoms with van der Waals surface area (Å²) in [5.74, 6) is 5.03. The van der Waals surface area contributed by atoms with Gasteiger partial charge in [0.1, 0.15) is 29.6 Å². The number of hydrogen-bond donors (Lipinski definition) is 2. The predicted octanol–water partition coefficient (Wildman–Crippen LogP) is 4.07. The second-order valence-electron chi connectivity index (χ2n) is 11.0. The number of anilines is 5. The Kier molecular flexibility index (Phi) is 5.58. The minimum absolute atomic E-state index is 0.165. The zero-order chi connectivity index (χ0) is 25.9. The summed E-state index contributed by atoms with van der Waals surface area (Å²) in [5, 5.41) is 6.99. The number of rotatable bonds is 6. The second kappa shape index (κ2) is 8.71. The fraction of sp³-hybridized carbons (Fsp3) is 0.481. The highest BCUT2D eigenvalue weighted by Crippen LogP contribution is 2.49. The number of aromatic nitrogens is 4. The molecule has 9 nitrogen and oxygen atoms in total. The van der Waals surface area contributed by atoms with Crippen LogP contribution in [0.25, 0.3) is 0 Å². The minimum Gasteiger partial charge on any atom is -0.481 e. The van der Waals surface area contributed by atoms with E-state index in [1.54, 1.807) is 13.4 Å². The highest BCUT2D eigenvalue weighted by molar-refractivity contribution is 5.75. The summed E-state index contributed by atoms with van der Waals surface area (Å²) in [6.07, 6.45) is 1.56. The van der Waals surface area contributed by atoms with Crippen LogP contribution in [0.15, 0.2) is 36.7 Å². The minimum atomic E-state index is -0.247. The third-order valence-electron chi connectivity index (χ3n) is 8.34. The molecular formula is C27H33FN8O. The van der Waals surface area contributed by atoms with Crippen molar-refractivity contribution in [2.45, 2.75) is 32.2 Å². The summed E-state index contributed by atoms with van der Waals surface area (Å²) in [6, 6.07) is 8.79. The zero-order valence-corrected chi connectivity index (χ0v) is 21.9. The average Bonchev–Trinajstić information content (AvgIpc) is 3.19. The Morgan fingerprint density at radius 2 is 1.81 bits per heavy atom. The van der Waals surface area contributed by atoms with Crippen molar-refractivity contribution in [2.24, 2.45) is 17.8 Å². The van der Waals surface area contributed by atoms with Crippen molar-refractivity contribution in [2.75, 3.05) is 54.2 Å². The van der Waals surface area contributed by atoms with Gasteiger partial charge in [-0.25, -0.2) is 14.4 Å². The molecule has 3 aliphatic heterocycles. The van der Waals surface area contributed by atoms with E-state index >= 15 is 0 Å². The summed E-state index contributed by atoms with van der Waals surface area (Å²) in [5.41, 5.74) is 1.84. The molecule has 10 heteroatoms. The van der Waals surface area contributed by atoms with E-state index in [-0.39, 0.29) is 17.3 Å². The number of piperidine rings is 2. The molecule has 2 unspecified atom stereocenters. The maximum absolute atomic E-state index is 13.6. The molecule has 2 bridgehead atoms. The third kappa shape index (κ3) is 3.89. The van der Waals surface area contributed by atoms with Crippen LogP contribution in [0.1, 0.15) is 26.3 Å². The van der Waals surface area contributed by atoms with Gasteiger partial charge in [-0.05, 0) is 30.2 Å². The van der Waals surface area contributed by atoms with Gasteiger partial charge in [0.15, 0.2) is 0 Å². The number of nitrogens with one attached hydrogen (secondary N) is 2. The molecule has 3 fully saturated rings. The van der Waals surface area contributed by atoms with Gasteiger partial charge >= 0.3 is 0 Å². The summed E-state index contributed by atoms with van der Waals surface area (Å²) < 4.78 is 18.9. The third-order valence-corrected chi connectivity index (χ3v) is 8.34. The maximum atomic E-state index is 13.6. The summed E-state index contributed by atoms with van der Waals surface area (Å²) >= 11 is 0. The Balaban J connectivity index is 1.27. The molecule has 4 aliphatic rings. The fourth-order valence-electron chi connectivity index (χ4n) is 6.35. The lowest BCUT2D eigenvalue weighted by Gasteiger charge is -2.58. The van der Waals surface area contributed by atoms with Gasteiger partial charge in [-0.1, -0.05) is 20.8 Å². The topological polar surface area (TPSA) is 91.3 Å². The Morgan fingerprint density at radius 3 is 2.49 bits per heavy atom. The first-order valence-corrected chi connectivity index (χ1v) is 12.8. The van der Waals surface area contributed by atoms with Gasteiger partial charge in [0.2, 0.25) is 11.8 Å². The first kappa shape index (κ1) is 23.7. The Bertz CT molecular complexity index is 1300. The van der Waals surface area contributed by atoms with Crippen LogP contribution in [0.3, 0.4) is 0 Å².